The number of hydrogen-bond donors (Lipinski definition) is 1. The molecule has 0 aliphatic rings. The molecule has 2 rings (SSSR count). The molecule has 0 amide bonds. The highest BCUT2D eigenvalue weighted by molar-refractivity contribution is 5.92. The van der Waals surface area contributed by atoms with Crippen molar-refractivity contribution < 1.29 is 9.53 Å². The molecule has 1 aromatic carbocycles. The van der Waals surface area contributed by atoms with Crippen LogP contribution in [0.25, 0.3) is 10.9 Å². The van der Waals surface area contributed by atoms with Gasteiger partial charge in [0, 0.05) is 5.39 Å². The van der Waals surface area contributed by atoms with E-state index in [4.69, 9.17) is 4.74 Å². The number of aromatic nitrogens is 2. The van der Waals surface area contributed by atoms with Gasteiger partial charge in [-0.15, -0.1) is 0 Å². The van der Waals surface area contributed by atoms with Gasteiger partial charge in [-0.2, -0.15) is 10.2 Å². The van der Waals surface area contributed by atoms with Gasteiger partial charge in [0.1, 0.15) is 12.1 Å². The molecule has 0 radical (unpaired) electrons. The number of esters is 1. The first-order chi connectivity index (χ1) is 9.35. The van der Waals surface area contributed by atoms with Crippen molar-refractivity contribution in [3.8, 4) is 0 Å². The number of benzene rings is 1. The second kappa shape index (κ2) is 5.45. The molecule has 0 aliphatic carbocycles. The lowest BCUT2D eigenvalue weighted by atomic mass is 10.1. The lowest BCUT2D eigenvalue weighted by Gasteiger charge is -2.19. The Hall–Kier alpha value is -2.17. The molecule has 1 N–H and O–H groups in total. The van der Waals surface area contributed by atoms with Crippen molar-refractivity contribution in [2.75, 3.05) is 11.9 Å². The standard InChI is InChI=1S/C15H19N3O2/c1-10-5-6-12-11(7-10)13(8-17-18-12)16-9-14(19)20-15(2,3)4/h5-8H,9H2,1-4H3,(H,16,18). The number of nitrogens with one attached hydrogen (secondary N) is 1. The number of aryl methyl sites for hydroxylation is 1. The van der Waals surface area contributed by atoms with Crippen LogP contribution in [0.3, 0.4) is 0 Å². The average Bonchev–Trinajstić information content (AvgIpc) is 2.34. The summed E-state index contributed by atoms with van der Waals surface area (Å²) >= 11 is 0. The Morgan fingerprint density at radius 3 is 2.80 bits per heavy atom. The number of rotatable bonds is 3. The summed E-state index contributed by atoms with van der Waals surface area (Å²) < 4.78 is 5.26. The maximum Gasteiger partial charge on any atom is 0.325 e. The maximum absolute atomic E-state index is 11.7. The van der Waals surface area contributed by atoms with Gasteiger partial charge in [-0.1, -0.05) is 11.6 Å². The van der Waals surface area contributed by atoms with E-state index in [1.165, 1.54) is 0 Å². The van der Waals surface area contributed by atoms with Crippen LogP contribution in [0.5, 0.6) is 0 Å². The normalized spacial score (nSPS) is 11.4. The van der Waals surface area contributed by atoms with Gasteiger partial charge < -0.3 is 10.1 Å². The summed E-state index contributed by atoms with van der Waals surface area (Å²) in [6, 6.07) is 5.91. The van der Waals surface area contributed by atoms with Gasteiger partial charge in [0.2, 0.25) is 0 Å². The van der Waals surface area contributed by atoms with Gasteiger partial charge in [0.15, 0.2) is 0 Å². The maximum atomic E-state index is 11.7. The third kappa shape index (κ3) is 3.66. The first-order valence-electron chi connectivity index (χ1n) is 6.53. The third-order valence-electron chi connectivity index (χ3n) is 2.64. The minimum atomic E-state index is -0.478. The summed E-state index contributed by atoms with van der Waals surface area (Å²) in [6.07, 6.45) is 1.62. The number of nitrogens with zero attached hydrogens (tertiary/aromatic N) is 2. The molecule has 0 saturated carbocycles. The second-order valence-corrected chi connectivity index (χ2v) is 5.72. The predicted molar refractivity (Wildman–Crippen MR) is 78.6 cm³/mol. The van der Waals surface area contributed by atoms with Crippen LogP contribution in [0.4, 0.5) is 5.69 Å². The Labute approximate surface area is 118 Å². The number of hydrogen-bond acceptors (Lipinski definition) is 5. The lowest BCUT2D eigenvalue weighted by molar-refractivity contribution is -0.152. The summed E-state index contributed by atoms with van der Waals surface area (Å²) in [5.74, 6) is -0.296. The van der Waals surface area contributed by atoms with Crippen LogP contribution in [0.15, 0.2) is 24.4 Å². The molecule has 0 saturated heterocycles. The fourth-order valence-corrected chi connectivity index (χ4v) is 1.86. The molecule has 0 spiro atoms. The molecular weight excluding hydrogens is 254 g/mol. The molecule has 0 atom stereocenters. The molecule has 0 fully saturated rings. The fourth-order valence-electron chi connectivity index (χ4n) is 1.86. The number of carbonyl (C=O) groups is 1. The SMILES string of the molecule is Cc1ccc2nncc(NCC(=O)OC(C)(C)C)c2c1. The second-order valence-electron chi connectivity index (χ2n) is 5.72. The highest BCUT2D eigenvalue weighted by Crippen LogP contribution is 2.21. The van der Waals surface area contributed by atoms with Crippen LogP contribution in [0.1, 0.15) is 26.3 Å². The van der Waals surface area contributed by atoms with Gasteiger partial charge in [0.05, 0.1) is 17.4 Å². The monoisotopic (exact) mass is 273 g/mol. The zero-order valence-corrected chi connectivity index (χ0v) is 12.2. The van der Waals surface area contributed by atoms with E-state index in [9.17, 15) is 4.79 Å². The quantitative estimate of drug-likeness (QED) is 0.871. The molecule has 1 aromatic heterocycles. The Balaban J connectivity index is 2.14. The highest BCUT2D eigenvalue weighted by Gasteiger charge is 2.16. The predicted octanol–water partition coefficient (Wildman–Crippen LogP) is 2.69. The molecule has 1 heterocycles. The zero-order chi connectivity index (χ0) is 14.8. The van der Waals surface area contributed by atoms with Crippen LogP contribution in [-0.4, -0.2) is 28.3 Å². The van der Waals surface area contributed by atoms with E-state index in [2.05, 4.69) is 15.5 Å². The summed E-state index contributed by atoms with van der Waals surface area (Å²) in [6.45, 7) is 7.65. The van der Waals surface area contributed by atoms with Crippen LogP contribution < -0.4 is 5.32 Å². The van der Waals surface area contributed by atoms with E-state index >= 15 is 0 Å². The molecule has 0 unspecified atom stereocenters. The topological polar surface area (TPSA) is 64.1 Å². The minimum Gasteiger partial charge on any atom is -0.459 e. The van der Waals surface area contributed by atoms with Crippen LogP contribution in [-0.2, 0) is 9.53 Å². The molecule has 106 valence electrons. The summed E-state index contributed by atoms with van der Waals surface area (Å²) in [5, 5.41) is 12.0. The van der Waals surface area contributed by atoms with E-state index in [-0.39, 0.29) is 12.5 Å². The van der Waals surface area contributed by atoms with E-state index in [0.29, 0.717) is 0 Å². The average molecular weight is 273 g/mol. The van der Waals surface area contributed by atoms with Crippen LogP contribution in [0.2, 0.25) is 0 Å². The van der Waals surface area contributed by atoms with Crippen molar-refractivity contribution in [1.29, 1.82) is 0 Å². The van der Waals surface area contributed by atoms with Crippen molar-refractivity contribution in [2.45, 2.75) is 33.3 Å². The first-order valence-corrected chi connectivity index (χ1v) is 6.53. The number of carbonyl (C=O) groups excluding carboxylic acids is 1. The third-order valence-corrected chi connectivity index (χ3v) is 2.64. The summed E-state index contributed by atoms with van der Waals surface area (Å²) in [4.78, 5) is 11.7. The van der Waals surface area contributed by atoms with Crippen molar-refractivity contribution in [1.82, 2.24) is 10.2 Å². The Bertz CT molecular complexity index is 633. The number of ether oxygens (including phenoxy) is 1. The molecule has 5 heteroatoms. The summed E-state index contributed by atoms with van der Waals surface area (Å²) in [7, 11) is 0. The lowest BCUT2D eigenvalue weighted by Crippen LogP contribution is -2.28. The van der Waals surface area contributed by atoms with Gasteiger partial charge in [-0.3, -0.25) is 4.79 Å². The van der Waals surface area contributed by atoms with Gasteiger partial charge >= 0.3 is 5.97 Å². The molecule has 0 aliphatic heterocycles. The number of fused-ring (bicyclic) bond motifs is 1. The number of anilines is 1. The van der Waals surface area contributed by atoms with Crippen molar-refractivity contribution in [3.63, 3.8) is 0 Å². The molecule has 5 nitrogen and oxygen atoms in total. The Morgan fingerprint density at radius 2 is 2.10 bits per heavy atom. The van der Waals surface area contributed by atoms with Crippen molar-refractivity contribution in [2.24, 2.45) is 0 Å². The van der Waals surface area contributed by atoms with Crippen LogP contribution in [0, 0.1) is 6.92 Å². The van der Waals surface area contributed by atoms with E-state index in [1.54, 1.807) is 6.20 Å². The van der Waals surface area contributed by atoms with E-state index in [0.717, 1.165) is 22.2 Å². The highest BCUT2D eigenvalue weighted by atomic mass is 16.6. The van der Waals surface area contributed by atoms with E-state index < -0.39 is 5.60 Å². The molecule has 2 aromatic rings. The smallest absolute Gasteiger partial charge is 0.325 e. The first kappa shape index (κ1) is 14.2. The molecule has 0 bridgehead atoms. The van der Waals surface area contributed by atoms with Gasteiger partial charge in [-0.25, -0.2) is 0 Å². The fraction of sp³-hybridized carbons (Fsp3) is 0.400. The van der Waals surface area contributed by atoms with Crippen molar-refractivity contribution >= 4 is 22.6 Å². The van der Waals surface area contributed by atoms with Gasteiger partial charge in [-0.05, 0) is 39.8 Å². The minimum absolute atomic E-state index is 0.103. The Kier molecular flexibility index (Phi) is 3.88. The Morgan fingerprint density at radius 1 is 1.35 bits per heavy atom. The zero-order valence-electron chi connectivity index (χ0n) is 12.2. The summed E-state index contributed by atoms with van der Waals surface area (Å²) in [5.41, 5.74) is 2.23. The van der Waals surface area contributed by atoms with Crippen molar-refractivity contribution in [3.05, 3.63) is 30.0 Å². The van der Waals surface area contributed by atoms with Gasteiger partial charge in [0.25, 0.3) is 0 Å². The van der Waals surface area contributed by atoms with Crippen LogP contribution >= 0.6 is 0 Å². The van der Waals surface area contributed by atoms with E-state index in [1.807, 2.05) is 45.9 Å². The molecular formula is C15H19N3O2. The molecule has 20 heavy (non-hydrogen) atoms. The largest absolute Gasteiger partial charge is 0.459 e.